The molecule has 1 heterocycles. The van der Waals surface area contributed by atoms with Gasteiger partial charge in [-0.1, -0.05) is 45.0 Å². The number of hydrogen-bond acceptors (Lipinski definition) is 2. The highest BCUT2D eigenvalue weighted by Gasteiger charge is 2.37. The van der Waals surface area contributed by atoms with E-state index in [0.29, 0.717) is 17.5 Å². The summed E-state index contributed by atoms with van der Waals surface area (Å²) in [6, 6.07) is 13.2. The Balaban J connectivity index is 1.87. The summed E-state index contributed by atoms with van der Waals surface area (Å²) in [5.41, 5.74) is 7.36. The van der Waals surface area contributed by atoms with Gasteiger partial charge in [-0.2, -0.15) is 13.2 Å². The Kier molecular flexibility index (Phi) is 5.00. The second kappa shape index (κ2) is 7.00. The number of halogens is 3. The van der Waals surface area contributed by atoms with Crippen molar-refractivity contribution in [1.82, 2.24) is 4.57 Å². The standard InChI is InChI=1S/C22H23F3N2O/c1-21(2,3)16-7-4-14(5-8-16)6-11-20(28)27-18-10-9-17(26)12-15(18)13-19(27)22(23,24)25/h4-5,7-10,12-13H,6,11,26H2,1-3H3. The number of carbonyl (C=O) groups is 1. The van der Waals surface area contributed by atoms with E-state index >= 15 is 0 Å². The Hall–Kier alpha value is -2.76. The van der Waals surface area contributed by atoms with Gasteiger partial charge in [0.2, 0.25) is 5.91 Å². The third-order valence-corrected chi connectivity index (χ3v) is 4.81. The van der Waals surface area contributed by atoms with Crippen LogP contribution in [0.4, 0.5) is 18.9 Å². The number of hydrogen-bond donors (Lipinski definition) is 1. The summed E-state index contributed by atoms with van der Waals surface area (Å²) in [6.45, 7) is 6.32. The van der Waals surface area contributed by atoms with E-state index in [2.05, 4.69) is 20.8 Å². The minimum atomic E-state index is -4.63. The molecule has 0 radical (unpaired) electrons. The first-order valence-electron chi connectivity index (χ1n) is 9.07. The fraction of sp³-hybridized carbons (Fsp3) is 0.318. The van der Waals surface area contributed by atoms with Gasteiger partial charge in [0.05, 0.1) is 5.52 Å². The molecule has 0 aliphatic carbocycles. The average molecular weight is 388 g/mol. The molecule has 28 heavy (non-hydrogen) atoms. The highest BCUT2D eigenvalue weighted by atomic mass is 19.4. The molecule has 0 atom stereocenters. The number of aryl methyl sites for hydroxylation is 1. The lowest BCUT2D eigenvalue weighted by molar-refractivity contribution is -0.142. The lowest BCUT2D eigenvalue weighted by atomic mass is 9.86. The van der Waals surface area contributed by atoms with Crippen molar-refractivity contribution in [1.29, 1.82) is 0 Å². The molecule has 0 fully saturated rings. The third kappa shape index (κ3) is 4.06. The van der Waals surface area contributed by atoms with Crippen LogP contribution in [0.1, 0.15) is 48.8 Å². The number of aromatic nitrogens is 1. The van der Waals surface area contributed by atoms with Crippen molar-refractivity contribution in [3.63, 3.8) is 0 Å². The van der Waals surface area contributed by atoms with Crippen molar-refractivity contribution in [2.75, 3.05) is 5.73 Å². The van der Waals surface area contributed by atoms with Crippen LogP contribution < -0.4 is 5.73 Å². The smallest absolute Gasteiger partial charge is 0.399 e. The number of rotatable bonds is 3. The van der Waals surface area contributed by atoms with Gasteiger partial charge in [0.15, 0.2) is 0 Å². The summed E-state index contributed by atoms with van der Waals surface area (Å²) >= 11 is 0. The predicted octanol–water partition coefficient (Wildman–Crippen LogP) is 5.81. The van der Waals surface area contributed by atoms with Crippen LogP contribution in [0.2, 0.25) is 0 Å². The second-order valence-corrected chi connectivity index (χ2v) is 8.02. The number of nitrogen functional groups attached to an aromatic ring is 1. The molecule has 6 heteroatoms. The molecule has 3 aromatic rings. The number of carbonyl (C=O) groups excluding carboxylic acids is 1. The molecular formula is C22H23F3N2O. The lowest BCUT2D eigenvalue weighted by Gasteiger charge is -2.19. The largest absolute Gasteiger partial charge is 0.431 e. The Bertz CT molecular complexity index is 1010. The van der Waals surface area contributed by atoms with Gasteiger partial charge in [-0.25, -0.2) is 0 Å². The Morgan fingerprint density at radius 1 is 1.00 bits per heavy atom. The molecule has 0 unspecified atom stereocenters. The molecule has 0 amide bonds. The molecular weight excluding hydrogens is 365 g/mol. The first-order chi connectivity index (χ1) is 13.0. The van der Waals surface area contributed by atoms with E-state index in [1.165, 1.54) is 18.2 Å². The number of fused-ring (bicyclic) bond motifs is 1. The van der Waals surface area contributed by atoms with Crippen LogP contribution in [0.5, 0.6) is 0 Å². The second-order valence-electron chi connectivity index (χ2n) is 8.02. The molecule has 2 aromatic carbocycles. The average Bonchev–Trinajstić information content (AvgIpc) is 2.98. The molecule has 0 saturated carbocycles. The van der Waals surface area contributed by atoms with Crippen molar-refractivity contribution in [3.8, 4) is 0 Å². The third-order valence-electron chi connectivity index (χ3n) is 4.81. The van der Waals surface area contributed by atoms with Crippen molar-refractivity contribution in [2.45, 2.75) is 45.2 Å². The van der Waals surface area contributed by atoms with Crippen LogP contribution in [0.3, 0.4) is 0 Å². The SMILES string of the molecule is CC(C)(C)c1ccc(CCC(=O)n2c(C(F)(F)F)cc3cc(N)ccc32)cc1. The maximum Gasteiger partial charge on any atom is 0.431 e. The maximum atomic E-state index is 13.5. The van der Waals surface area contributed by atoms with Crippen LogP contribution in [0.15, 0.2) is 48.5 Å². The van der Waals surface area contributed by atoms with Crippen molar-refractivity contribution in [2.24, 2.45) is 0 Å². The van der Waals surface area contributed by atoms with E-state index in [-0.39, 0.29) is 17.4 Å². The van der Waals surface area contributed by atoms with Crippen LogP contribution in [-0.4, -0.2) is 10.5 Å². The van der Waals surface area contributed by atoms with E-state index in [9.17, 15) is 18.0 Å². The number of benzene rings is 2. The first-order valence-corrected chi connectivity index (χ1v) is 9.07. The summed E-state index contributed by atoms with van der Waals surface area (Å²) in [5.74, 6) is -0.591. The normalized spacial score (nSPS) is 12.5. The van der Waals surface area contributed by atoms with Crippen LogP contribution >= 0.6 is 0 Å². The fourth-order valence-electron chi connectivity index (χ4n) is 3.25. The Morgan fingerprint density at radius 3 is 2.21 bits per heavy atom. The van der Waals surface area contributed by atoms with Crippen molar-refractivity contribution < 1.29 is 18.0 Å². The van der Waals surface area contributed by atoms with Crippen LogP contribution in [0.25, 0.3) is 10.9 Å². The summed E-state index contributed by atoms with van der Waals surface area (Å²) in [4.78, 5) is 12.7. The van der Waals surface area contributed by atoms with Gasteiger partial charge in [0, 0.05) is 17.5 Å². The zero-order valence-electron chi connectivity index (χ0n) is 16.1. The molecule has 148 valence electrons. The van der Waals surface area contributed by atoms with Crippen molar-refractivity contribution >= 4 is 22.5 Å². The molecule has 0 aliphatic rings. The summed E-state index contributed by atoms with van der Waals surface area (Å²) in [6.07, 6.45) is -4.28. The Labute approximate surface area is 162 Å². The maximum absolute atomic E-state index is 13.5. The molecule has 0 bridgehead atoms. The summed E-state index contributed by atoms with van der Waals surface area (Å²) in [7, 11) is 0. The van der Waals surface area contributed by atoms with Gasteiger partial charge >= 0.3 is 6.18 Å². The van der Waals surface area contributed by atoms with Gasteiger partial charge in [-0.15, -0.1) is 0 Å². The lowest BCUT2D eigenvalue weighted by Crippen LogP contribution is -2.20. The molecule has 0 aliphatic heterocycles. The van der Waals surface area contributed by atoms with E-state index in [4.69, 9.17) is 5.73 Å². The molecule has 1 aromatic heterocycles. The number of alkyl halides is 3. The number of nitrogens with two attached hydrogens (primary N) is 1. The van der Waals surface area contributed by atoms with Gasteiger partial charge in [0.25, 0.3) is 0 Å². The van der Waals surface area contributed by atoms with E-state index < -0.39 is 17.8 Å². The molecule has 3 rings (SSSR count). The number of nitrogens with zero attached hydrogens (tertiary/aromatic N) is 1. The predicted molar refractivity (Wildman–Crippen MR) is 105 cm³/mol. The van der Waals surface area contributed by atoms with Gasteiger partial charge in [0.1, 0.15) is 5.69 Å². The minimum absolute atomic E-state index is 0.0157. The monoisotopic (exact) mass is 388 g/mol. The topological polar surface area (TPSA) is 48.0 Å². The quantitative estimate of drug-likeness (QED) is 0.575. The van der Waals surface area contributed by atoms with Gasteiger partial charge in [-0.05, 0) is 47.2 Å². The summed E-state index contributed by atoms with van der Waals surface area (Å²) in [5, 5.41) is 0.301. The zero-order valence-corrected chi connectivity index (χ0v) is 16.1. The van der Waals surface area contributed by atoms with E-state index in [1.807, 2.05) is 24.3 Å². The van der Waals surface area contributed by atoms with Gasteiger partial charge in [-0.3, -0.25) is 9.36 Å². The van der Waals surface area contributed by atoms with E-state index in [1.54, 1.807) is 0 Å². The highest BCUT2D eigenvalue weighted by Crippen LogP contribution is 2.35. The zero-order chi connectivity index (χ0) is 20.7. The minimum Gasteiger partial charge on any atom is -0.399 e. The highest BCUT2D eigenvalue weighted by molar-refractivity contribution is 5.95. The molecule has 3 nitrogen and oxygen atoms in total. The van der Waals surface area contributed by atoms with Crippen LogP contribution in [0, 0.1) is 0 Å². The molecule has 2 N–H and O–H groups in total. The van der Waals surface area contributed by atoms with E-state index in [0.717, 1.165) is 21.8 Å². The fourth-order valence-corrected chi connectivity index (χ4v) is 3.25. The molecule has 0 spiro atoms. The first kappa shape index (κ1) is 20.0. The van der Waals surface area contributed by atoms with Crippen LogP contribution in [-0.2, 0) is 18.0 Å². The number of anilines is 1. The van der Waals surface area contributed by atoms with Crippen molar-refractivity contribution in [3.05, 3.63) is 65.4 Å². The summed E-state index contributed by atoms with van der Waals surface area (Å²) < 4.78 is 41.1. The Morgan fingerprint density at radius 2 is 1.64 bits per heavy atom. The van der Waals surface area contributed by atoms with Gasteiger partial charge < -0.3 is 5.73 Å². The molecule has 0 saturated heterocycles.